The van der Waals surface area contributed by atoms with Crippen molar-refractivity contribution in [1.82, 2.24) is 0 Å². The average molecular weight is 385 g/mol. The summed E-state index contributed by atoms with van der Waals surface area (Å²) in [6.07, 6.45) is 0. The van der Waals surface area contributed by atoms with E-state index in [0.29, 0.717) is 0 Å². The van der Waals surface area contributed by atoms with Crippen LogP contribution in [0.5, 0.6) is 0 Å². The van der Waals surface area contributed by atoms with Gasteiger partial charge < -0.3 is 0 Å². The van der Waals surface area contributed by atoms with Crippen molar-refractivity contribution in [2.45, 2.75) is 5.75 Å². The summed E-state index contributed by atoms with van der Waals surface area (Å²) in [5.41, 5.74) is 2.42. The maximum Gasteiger partial charge on any atom is 0.112 e. The first kappa shape index (κ1) is 13.8. The third kappa shape index (κ3) is 3.97. The maximum atomic E-state index is 4.18. The predicted octanol–water partition coefficient (Wildman–Crippen LogP) is 5.44. The molecule has 1 nitrogen and oxygen atoms in total. The zero-order chi connectivity index (χ0) is 12.8. The van der Waals surface area contributed by atoms with E-state index in [4.69, 9.17) is 0 Å². The summed E-state index contributed by atoms with van der Waals surface area (Å²) < 4.78 is 5.26. The Bertz CT molecular complexity index is 523. The lowest BCUT2D eigenvalue weighted by atomic mass is 10.2. The molecule has 2 aromatic rings. The number of rotatable bonds is 3. The fourth-order valence-corrected chi connectivity index (χ4v) is 3.10. The van der Waals surface area contributed by atoms with Crippen molar-refractivity contribution < 1.29 is 0 Å². The molecule has 0 heterocycles. The molecule has 0 amide bonds. The van der Waals surface area contributed by atoms with Crippen molar-refractivity contribution >= 4 is 48.9 Å². The molecule has 0 radical (unpaired) electrons. The minimum absolute atomic E-state index is 0.918. The van der Waals surface area contributed by atoms with Gasteiger partial charge in [0, 0.05) is 15.8 Å². The molecule has 0 atom stereocenters. The Labute approximate surface area is 128 Å². The molecule has 0 fully saturated rings. The van der Waals surface area contributed by atoms with Gasteiger partial charge in [0.15, 0.2) is 0 Å². The fraction of sp³-hybridized carbons (Fsp3) is 0.0714. The Morgan fingerprint density at radius 3 is 2.28 bits per heavy atom. The summed E-state index contributed by atoms with van der Waals surface area (Å²) in [7, 11) is 0. The fourth-order valence-electron chi connectivity index (χ4n) is 1.47. The lowest BCUT2D eigenvalue weighted by molar-refractivity contribution is 1.42. The number of benzene rings is 2. The van der Waals surface area contributed by atoms with Crippen molar-refractivity contribution in [3.05, 3.63) is 70.2 Å². The smallest absolute Gasteiger partial charge is 0.112 e. The second kappa shape index (κ2) is 7.12. The number of hydrogen-bond acceptors (Lipinski definition) is 2. The van der Waals surface area contributed by atoms with Gasteiger partial charge in [0.2, 0.25) is 0 Å². The third-order valence-electron chi connectivity index (χ3n) is 2.39. The molecule has 2 rings (SSSR count). The van der Waals surface area contributed by atoms with Gasteiger partial charge >= 0.3 is 0 Å². The molecule has 0 aliphatic heterocycles. The van der Waals surface area contributed by atoms with Crippen LogP contribution in [0.25, 0.3) is 0 Å². The summed E-state index contributed by atoms with van der Waals surface area (Å²) in [5.74, 6) is 0.918. The molecule has 0 N–H and O–H groups in total. The van der Waals surface area contributed by atoms with Crippen LogP contribution >= 0.6 is 43.8 Å². The monoisotopic (exact) mass is 383 g/mol. The second-order valence-electron chi connectivity index (χ2n) is 3.67. The number of halogens is 2. The molecule has 0 unspecified atom stereocenters. The summed E-state index contributed by atoms with van der Waals surface area (Å²) >= 11 is 8.36. The molecule has 0 saturated carbocycles. The van der Waals surface area contributed by atoms with Gasteiger partial charge in [-0.15, -0.1) is 11.8 Å². The molecular weight excluding hydrogens is 374 g/mol. The predicted molar refractivity (Wildman–Crippen MR) is 87.3 cm³/mol. The van der Waals surface area contributed by atoms with Crippen molar-refractivity contribution in [2.24, 2.45) is 4.02 Å². The van der Waals surface area contributed by atoms with E-state index in [2.05, 4.69) is 72.5 Å². The molecule has 0 bridgehead atoms. The molecule has 2 aromatic carbocycles. The number of hydrogen-bond donors (Lipinski definition) is 0. The molecule has 92 valence electrons. The SMILES string of the molecule is BrN=C(SCc1ccccc1)c1ccc(Br)cc1. The Balaban J connectivity index is 2.05. The Morgan fingerprint density at radius 1 is 1.00 bits per heavy atom. The zero-order valence-corrected chi connectivity index (χ0v) is 13.5. The summed E-state index contributed by atoms with van der Waals surface area (Å²) in [5, 5.41) is 0.992. The highest BCUT2D eigenvalue weighted by atomic mass is 79.9. The molecule has 0 aliphatic rings. The van der Waals surface area contributed by atoms with Gasteiger partial charge in [-0.1, -0.05) is 58.4 Å². The van der Waals surface area contributed by atoms with E-state index in [-0.39, 0.29) is 0 Å². The second-order valence-corrected chi connectivity index (χ2v) is 5.91. The van der Waals surface area contributed by atoms with Crippen LogP contribution in [0.15, 0.2) is 63.1 Å². The molecule has 0 aliphatic carbocycles. The van der Waals surface area contributed by atoms with Crippen LogP contribution < -0.4 is 0 Å². The molecule has 0 saturated heterocycles. The molecule has 18 heavy (non-hydrogen) atoms. The van der Waals surface area contributed by atoms with Crippen LogP contribution in [-0.2, 0) is 5.75 Å². The van der Waals surface area contributed by atoms with Gasteiger partial charge in [-0.2, -0.15) is 4.02 Å². The highest BCUT2D eigenvalue weighted by molar-refractivity contribution is 9.10. The highest BCUT2D eigenvalue weighted by Crippen LogP contribution is 2.21. The Morgan fingerprint density at radius 2 is 1.67 bits per heavy atom. The van der Waals surface area contributed by atoms with Crippen LogP contribution in [0.3, 0.4) is 0 Å². The van der Waals surface area contributed by atoms with Gasteiger partial charge in [-0.3, -0.25) is 0 Å². The summed E-state index contributed by atoms with van der Waals surface area (Å²) in [6, 6.07) is 18.6. The van der Waals surface area contributed by atoms with Crippen molar-refractivity contribution in [1.29, 1.82) is 0 Å². The molecule has 0 aromatic heterocycles. The van der Waals surface area contributed by atoms with Gasteiger partial charge in [0.25, 0.3) is 0 Å². The van der Waals surface area contributed by atoms with E-state index in [1.54, 1.807) is 11.8 Å². The first-order valence-electron chi connectivity index (χ1n) is 5.41. The first-order valence-corrected chi connectivity index (χ1v) is 7.90. The topological polar surface area (TPSA) is 12.4 Å². The van der Waals surface area contributed by atoms with Crippen molar-refractivity contribution in [3.63, 3.8) is 0 Å². The molecular formula is C14H11Br2NS. The van der Waals surface area contributed by atoms with Crippen LogP contribution in [0.1, 0.15) is 11.1 Å². The minimum atomic E-state index is 0.918. The van der Waals surface area contributed by atoms with E-state index in [1.165, 1.54) is 5.56 Å². The van der Waals surface area contributed by atoms with Gasteiger partial charge in [0.05, 0.1) is 16.1 Å². The van der Waals surface area contributed by atoms with Crippen LogP contribution in [0.4, 0.5) is 0 Å². The minimum Gasteiger partial charge on any atom is -0.200 e. The van der Waals surface area contributed by atoms with Gasteiger partial charge in [0.1, 0.15) is 5.04 Å². The Hall–Kier alpha value is -0.580. The number of thioether (sulfide) groups is 1. The normalized spacial score (nSPS) is 11.6. The van der Waals surface area contributed by atoms with Crippen LogP contribution in [-0.4, -0.2) is 5.04 Å². The summed E-state index contributed by atoms with van der Waals surface area (Å²) in [6.45, 7) is 0. The van der Waals surface area contributed by atoms with Crippen molar-refractivity contribution in [2.75, 3.05) is 0 Å². The quantitative estimate of drug-likeness (QED) is 0.507. The molecule has 4 heteroatoms. The van der Waals surface area contributed by atoms with Crippen LogP contribution in [0.2, 0.25) is 0 Å². The summed E-state index contributed by atoms with van der Waals surface area (Å²) in [4.78, 5) is 0. The van der Waals surface area contributed by atoms with E-state index in [0.717, 1.165) is 20.8 Å². The van der Waals surface area contributed by atoms with Crippen molar-refractivity contribution in [3.8, 4) is 0 Å². The highest BCUT2D eigenvalue weighted by Gasteiger charge is 2.04. The standard InChI is InChI=1S/C14H11Br2NS/c15-13-8-6-12(7-9-13)14(17-16)18-10-11-4-2-1-3-5-11/h1-9H,10H2. The van der Waals surface area contributed by atoms with E-state index < -0.39 is 0 Å². The molecule has 0 spiro atoms. The van der Waals surface area contributed by atoms with E-state index in [1.807, 2.05) is 18.2 Å². The van der Waals surface area contributed by atoms with E-state index in [9.17, 15) is 0 Å². The number of nitrogens with zero attached hydrogens (tertiary/aromatic N) is 1. The lowest BCUT2D eigenvalue weighted by Gasteiger charge is -2.05. The third-order valence-corrected chi connectivity index (χ3v) is 4.58. The first-order chi connectivity index (χ1) is 8.79. The van der Waals surface area contributed by atoms with Gasteiger partial charge in [-0.05, 0) is 17.7 Å². The Kier molecular flexibility index (Phi) is 5.47. The lowest BCUT2D eigenvalue weighted by Crippen LogP contribution is -1.95. The maximum absolute atomic E-state index is 4.18. The largest absolute Gasteiger partial charge is 0.200 e. The van der Waals surface area contributed by atoms with Gasteiger partial charge in [-0.25, -0.2) is 0 Å². The van der Waals surface area contributed by atoms with E-state index >= 15 is 0 Å². The zero-order valence-electron chi connectivity index (χ0n) is 9.51. The average Bonchev–Trinajstić information content (AvgIpc) is 2.42. The van der Waals surface area contributed by atoms with Crippen LogP contribution in [0, 0.1) is 0 Å².